The Bertz CT molecular complexity index is 680. The molecular formula is C17H22ClFN4O. The highest BCUT2D eigenvalue weighted by Crippen LogP contribution is 2.17. The van der Waals surface area contributed by atoms with Gasteiger partial charge < -0.3 is 10.6 Å². The number of aromatic nitrogens is 2. The molecule has 0 radical (unpaired) electrons. The fraction of sp³-hybridized carbons (Fsp3) is 0.412. The normalized spacial score (nSPS) is 17.2. The van der Waals surface area contributed by atoms with Crippen LogP contribution in [0.2, 0.25) is 0 Å². The Hall–Kier alpha value is -1.92. The summed E-state index contributed by atoms with van der Waals surface area (Å²) in [5, 5.41) is 10.7. The lowest BCUT2D eigenvalue weighted by atomic mass is 10.1. The van der Waals surface area contributed by atoms with Gasteiger partial charge in [0.25, 0.3) is 5.91 Å². The third-order valence-corrected chi connectivity index (χ3v) is 4.15. The van der Waals surface area contributed by atoms with Crippen molar-refractivity contribution in [2.45, 2.75) is 32.2 Å². The molecule has 1 aliphatic heterocycles. The lowest BCUT2D eigenvalue weighted by Gasteiger charge is -2.23. The van der Waals surface area contributed by atoms with Crippen LogP contribution in [0.25, 0.3) is 5.69 Å². The molecule has 1 aliphatic rings. The lowest BCUT2D eigenvalue weighted by molar-refractivity contribution is 0.0929. The zero-order chi connectivity index (χ0) is 16.2. The maximum absolute atomic E-state index is 13.1. The number of hydrogen-bond acceptors (Lipinski definition) is 3. The topological polar surface area (TPSA) is 59.0 Å². The van der Waals surface area contributed by atoms with E-state index in [0.29, 0.717) is 12.0 Å². The first kappa shape index (κ1) is 18.4. The molecule has 130 valence electrons. The molecule has 2 aromatic rings. The van der Waals surface area contributed by atoms with Gasteiger partial charge in [0.2, 0.25) is 0 Å². The molecule has 1 aromatic carbocycles. The van der Waals surface area contributed by atoms with Gasteiger partial charge in [-0.1, -0.05) is 6.92 Å². The highest BCUT2D eigenvalue weighted by Gasteiger charge is 2.21. The summed E-state index contributed by atoms with van der Waals surface area (Å²) in [5.41, 5.74) is 2.17. The summed E-state index contributed by atoms with van der Waals surface area (Å²) in [7, 11) is 0. The summed E-state index contributed by atoms with van der Waals surface area (Å²) < 4.78 is 14.8. The van der Waals surface area contributed by atoms with Crippen molar-refractivity contribution in [2.24, 2.45) is 0 Å². The number of nitrogens with one attached hydrogen (secondary N) is 2. The molecule has 2 N–H and O–H groups in total. The minimum atomic E-state index is -0.290. The number of carbonyl (C=O) groups excluding carboxylic acids is 1. The monoisotopic (exact) mass is 352 g/mol. The Morgan fingerprint density at radius 1 is 1.42 bits per heavy atom. The standard InChI is InChI=1S/C17H21FN4O.ClH/c1-2-16-15(17(23)21-13-4-3-9-19-10-13)11-20-22(16)14-7-5-12(18)6-8-14;/h5-8,11,13,19H,2-4,9-10H2,1H3,(H,21,23);1H. The number of piperidine rings is 1. The van der Waals surface area contributed by atoms with Gasteiger partial charge in [-0.3, -0.25) is 4.79 Å². The van der Waals surface area contributed by atoms with Crippen LogP contribution in [-0.4, -0.2) is 34.8 Å². The number of nitrogens with zero attached hydrogens (tertiary/aromatic N) is 2. The predicted octanol–water partition coefficient (Wildman–Crippen LogP) is 2.48. The largest absolute Gasteiger partial charge is 0.348 e. The zero-order valence-corrected chi connectivity index (χ0v) is 14.4. The Kier molecular flexibility index (Phi) is 6.34. The maximum atomic E-state index is 13.1. The Labute approximate surface area is 147 Å². The third-order valence-electron chi connectivity index (χ3n) is 4.15. The van der Waals surface area contributed by atoms with Crippen molar-refractivity contribution < 1.29 is 9.18 Å². The van der Waals surface area contributed by atoms with E-state index < -0.39 is 0 Å². The van der Waals surface area contributed by atoms with Gasteiger partial charge in [-0.15, -0.1) is 12.4 Å². The first-order valence-corrected chi connectivity index (χ1v) is 8.03. The molecule has 0 spiro atoms. The Morgan fingerprint density at radius 3 is 2.79 bits per heavy atom. The van der Waals surface area contributed by atoms with Crippen LogP contribution in [0.5, 0.6) is 0 Å². The second-order valence-electron chi connectivity index (χ2n) is 5.76. The summed E-state index contributed by atoms with van der Waals surface area (Å²) in [5.74, 6) is -0.384. The predicted molar refractivity (Wildman–Crippen MR) is 93.5 cm³/mol. The maximum Gasteiger partial charge on any atom is 0.255 e. The van der Waals surface area contributed by atoms with Crippen LogP contribution in [0.4, 0.5) is 4.39 Å². The highest BCUT2D eigenvalue weighted by molar-refractivity contribution is 5.95. The van der Waals surface area contributed by atoms with Crippen LogP contribution in [0.3, 0.4) is 0 Å². The van der Waals surface area contributed by atoms with Crippen molar-refractivity contribution >= 4 is 18.3 Å². The van der Waals surface area contributed by atoms with Crippen molar-refractivity contribution in [3.63, 3.8) is 0 Å². The number of benzene rings is 1. The van der Waals surface area contributed by atoms with E-state index in [-0.39, 0.29) is 30.2 Å². The Balaban J connectivity index is 0.00000208. The van der Waals surface area contributed by atoms with Gasteiger partial charge in [0.15, 0.2) is 0 Å². The number of carbonyl (C=O) groups is 1. The van der Waals surface area contributed by atoms with Crippen molar-refractivity contribution in [1.29, 1.82) is 0 Å². The van der Waals surface area contributed by atoms with Gasteiger partial charge in [0, 0.05) is 12.6 Å². The Morgan fingerprint density at radius 2 is 2.17 bits per heavy atom. The molecule has 0 aliphatic carbocycles. The van der Waals surface area contributed by atoms with Crippen LogP contribution < -0.4 is 10.6 Å². The number of hydrogen-bond donors (Lipinski definition) is 2. The van der Waals surface area contributed by atoms with Crippen molar-refractivity contribution in [1.82, 2.24) is 20.4 Å². The van der Waals surface area contributed by atoms with E-state index in [1.165, 1.54) is 12.1 Å². The van der Waals surface area contributed by atoms with E-state index in [9.17, 15) is 9.18 Å². The molecule has 1 atom stereocenters. The fourth-order valence-corrected chi connectivity index (χ4v) is 2.95. The smallest absolute Gasteiger partial charge is 0.255 e. The molecule has 1 fully saturated rings. The van der Waals surface area contributed by atoms with Gasteiger partial charge in [-0.05, 0) is 50.1 Å². The van der Waals surface area contributed by atoms with Crippen molar-refractivity contribution in [3.05, 3.63) is 47.5 Å². The number of rotatable bonds is 4. The van der Waals surface area contributed by atoms with Crippen LogP contribution in [0, 0.1) is 5.82 Å². The van der Waals surface area contributed by atoms with Crippen LogP contribution >= 0.6 is 12.4 Å². The zero-order valence-electron chi connectivity index (χ0n) is 13.6. The van der Waals surface area contributed by atoms with E-state index in [1.54, 1.807) is 23.0 Å². The van der Waals surface area contributed by atoms with Crippen molar-refractivity contribution in [2.75, 3.05) is 13.1 Å². The first-order chi connectivity index (χ1) is 11.2. The third kappa shape index (κ3) is 3.94. The second-order valence-corrected chi connectivity index (χ2v) is 5.76. The van der Waals surface area contributed by atoms with Gasteiger partial charge in [0.05, 0.1) is 23.1 Å². The second kappa shape index (κ2) is 8.26. The molecule has 0 bridgehead atoms. The average molecular weight is 353 g/mol. The molecule has 1 unspecified atom stereocenters. The summed E-state index contributed by atoms with van der Waals surface area (Å²) >= 11 is 0. The van der Waals surface area contributed by atoms with E-state index in [0.717, 1.165) is 37.3 Å². The number of halogens is 2. The fourth-order valence-electron chi connectivity index (χ4n) is 2.95. The molecule has 7 heteroatoms. The quantitative estimate of drug-likeness (QED) is 0.888. The lowest BCUT2D eigenvalue weighted by Crippen LogP contribution is -2.45. The molecule has 0 saturated carbocycles. The van der Waals surface area contributed by atoms with E-state index >= 15 is 0 Å². The summed E-state index contributed by atoms with van der Waals surface area (Å²) in [4.78, 5) is 12.5. The van der Waals surface area contributed by atoms with Gasteiger partial charge in [-0.25, -0.2) is 9.07 Å². The summed E-state index contributed by atoms with van der Waals surface area (Å²) in [6.07, 6.45) is 4.32. The molecule has 5 nitrogen and oxygen atoms in total. The molecular weight excluding hydrogens is 331 g/mol. The minimum Gasteiger partial charge on any atom is -0.348 e. The molecule has 1 aromatic heterocycles. The molecule has 1 amide bonds. The van der Waals surface area contributed by atoms with E-state index in [1.807, 2.05) is 6.92 Å². The first-order valence-electron chi connectivity index (χ1n) is 8.03. The van der Waals surface area contributed by atoms with Crippen molar-refractivity contribution in [3.8, 4) is 5.69 Å². The van der Waals surface area contributed by atoms with Gasteiger partial charge >= 0.3 is 0 Å². The molecule has 3 rings (SSSR count). The average Bonchev–Trinajstić information content (AvgIpc) is 3.00. The number of amides is 1. The minimum absolute atomic E-state index is 0. The van der Waals surface area contributed by atoms with Crippen LogP contribution in [0.15, 0.2) is 30.5 Å². The van der Waals surface area contributed by atoms with E-state index in [2.05, 4.69) is 15.7 Å². The van der Waals surface area contributed by atoms with E-state index in [4.69, 9.17) is 0 Å². The van der Waals surface area contributed by atoms with Crippen LogP contribution in [-0.2, 0) is 6.42 Å². The SMILES string of the molecule is CCc1c(C(=O)NC2CCCNC2)cnn1-c1ccc(F)cc1.Cl. The highest BCUT2D eigenvalue weighted by atomic mass is 35.5. The molecule has 24 heavy (non-hydrogen) atoms. The van der Waals surface area contributed by atoms with Gasteiger partial charge in [-0.2, -0.15) is 5.10 Å². The molecule has 1 saturated heterocycles. The summed E-state index contributed by atoms with van der Waals surface area (Å²) in [6, 6.07) is 6.27. The molecule has 2 heterocycles. The van der Waals surface area contributed by atoms with Gasteiger partial charge in [0.1, 0.15) is 5.82 Å². The summed E-state index contributed by atoms with van der Waals surface area (Å²) in [6.45, 7) is 3.80. The van der Waals surface area contributed by atoms with Crippen LogP contribution in [0.1, 0.15) is 35.8 Å².